The van der Waals surface area contributed by atoms with Crippen molar-refractivity contribution in [2.75, 3.05) is 12.4 Å². The molecule has 0 aliphatic carbocycles. The minimum absolute atomic E-state index is 0.0579. The Bertz CT molecular complexity index is 865. The molecule has 0 spiro atoms. The normalized spacial score (nSPS) is 17.6. The van der Waals surface area contributed by atoms with Crippen LogP contribution in [0, 0.1) is 0 Å². The molecule has 1 aliphatic heterocycles. The van der Waals surface area contributed by atoms with Gasteiger partial charge in [-0.1, -0.05) is 43.0 Å². The first kappa shape index (κ1) is 19.0. The van der Waals surface area contributed by atoms with E-state index in [1.54, 1.807) is 19.2 Å². The van der Waals surface area contributed by atoms with Crippen LogP contribution < -0.4 is 15.4 Å². The van der Waals surface area contributed by atoms with Crippen LogP contribution in [-0.4, -0.2) is 29.3 Å². The molecule has 2 amide bonds. The van der Waals surface area contributed by atoms with Gasteiger partial charge in [0.15, 0.2) is 5.17 Å². The highest BCUT2D eigenvalue weighted by atomic mass is 32.2. The molecule has 1 heterocycles. The molecule has 0 radical (unpaired) electrons. The number of aliphatic imine (C=N–C) groups is 1. The number of aryl methyl sites for hydroxylation is 1. The molecular weight excluding hydrogens is 362 g/mol. The number of thioether (sulfide) groups is 1. The van der Waals surface area contributed by atoms with Gasteiger partial charge in [-0.2, -0.15) is 0 Å². The summed E-state index contributed by atoms with van der Waals surface area (Å²) in [4.78, 5) is 28.9. The molecule has 2 N–H and O–H groups in total. The van der Waals surface area contributed by atoms with Crippen molar-refractivity contribution >= 4 is 40.1 Å². The molecule has 2 aromatic rings. The van der Waals surface area contributed by atoms with Gasteiger partial charge in [0.05, 0.1) is 18.5 Å². The molecule has 1 saturated heterocycles. The predicted molar refractivity (Wildman–Crippen MR) is 109 cm³/mol. The fourth-order valence-corrected chi connectivity index (χ4v) is 3.62. The van der Waals surface area contributed by atoms with Crippen molar-refractivity contribution < 1.29 is 14.3 Å². The molecule has 27 heavy (non-hydrogen) atoms. The van der Waals surface area contributed by atoms with Gasteiger partial charge in [0.2, 0.25) is 11.8 Å². The van der Waals surface area contributed by atoms with Gasteiger partial charge in [-0.05, 0) is 36.2 Å². The number of rotatable bonds is 6. The smallest absolute Gasteiger partial charge is 0.240 e. The quantitative estimate of drug-likeness (QED) is 0.800. The molecule has 7 heteroatoms. The topological polar surface area (TPSA) is 79.8 Å². The lowest BCUT2D eigenvalue weighted by Crippen LogP contribution is -2.28. The number of hydrogen-bond donors (Lipinski definition) is 2. The van der Waals surface area contributed by atoms with Gasteiger partial charge in [-0.15, -0.1) is 0 Å². The average Bonchev–Trinajstić information content (AvgIpc) is 3.01. The third-order valence-electron chi connectivity index (χ3n) is 4.10. The van der Waals surface area contributed by atoms with Crippen LogP contribution in [0.2, 0.25) is 0 Å². The molecule has 1 atom stereocenters. The SMILES string of the molecule is CCc1ccc(N=C2NC(=O)[C@@H](CC(=O)Nc3ccccc3OC)S2)cc1. The average molecular weight is 383 g/mol. The molecule has 1 fully saturated rings. The third-order valence-corrected chi connectivity index (χ3v) is 5.19. The first-order valence-electron chi connectivity index (χ1n) is 8.67. The number of carbonyl (C=O) groups is 2. The van der Waals surface area contributed by atoms with Crippen molar-refractivity contribution in [3.8, 4) is 5.75 Å². The highest BCUT2D eigenvalue weighted by molar-refractivity contribution is 8.15. The number of benzene rings is 2. The zero-order valence-electron chi connectivity index (χ0n) is 15.2. The Labute approximate surface area is 162 Å². The van der Waals surface area contributed by atoms with Crippen LogP contribution in [0.4, 0.5) is 11.4 Å². The number of anilines is 1. The Morgan fingerprint density at radius 2 is 1.96 bits per heavy atom. The van der Waals surface area contributed by atoms with Gasteiger partial charge in [-0.25, -0.2) is 4.99 Å². The lowest BCUT2D eigenvalue weighted by Gasteiger charge is -2.10. The number of nitrogens with one attached hydrogen (secondary N) is 2. The summed E-state index contributed by atoms with van der Waals surface area (Å²) < 4.78 is 5.22. The van der Waals surface area contributed by atoms with E-state index < -0.39 is 5.25 Å². The van der Waals surface area contributed by atoms with E-state index in [-0.39, 0.29) is 18.2 Å². The van der Waals surface area contributed by atoms with Gasteiger partial charge in [0.25, 0.3) is 0 Å². The number of nitrogens with zero attached hydrogens (tertiary/aromatic N) is 1. The van der Waals surface area contributed by atoms with Gasteiger partial charge in [0.1, 0.15) is 11.0 Å². The minimum Gasteiger partial charge on any atom is -0.495 e. The minimum atomic E-state index is -0.506. The van der Waals surface area contributed by atoms with E-state index in [1.165, 1.54) is 17.3 Å². The molecule has 0 unspecified atom stereocenters. The Morgan fingerprint density at radius 3 is 2.67 bits per heavy atom. The van der Waals surface area contributed by atoms with E-state index in [9.17, 15) is 9.59 Å². The zero-order valence-corrected chi connectivity index (χ0v) is 16.0. The first-order valence-corrected chi connectivity index (χ1v) is 9.55. The van der Waals surface area contributed by atoms with Crippen LogP contribution in [0.3, 0.4) is 0 Å². The van der Waals surface area contributed by atoms with Crippen LogP contribution in [0.15, 0.2) is 53.5 Å². The fraction of sp³-hybridized carbons (Fsp3) is 0.250. The monoisotopic (exact) mass is 383 g/mol. The Hall–Kier alpha value is -2.80. The maximum absolute atomic E-state index is 12.3. The van der Waals surface area contributed by atoms with Gasteiger partial charge in [0, 0.05) is 6.42 Å². The molecule has 0 aromatic heterocycles. The number of carbonyl (C=O) groups excluding carboxylic acids is 2. The number of para-hydroxylation sites is 2. The summed E-state index contributed by atoms with van der Waals surface area (Å²) in [5.74, 6) is 0.118. The second-order valence-electron chi connectivity index (χ2n) is 5.99. The van der Waals surface area contributed by atoms with Crippen molar-refractivity contribution in [3.05, 3.63) is 54.1 Å². The van der Waals surface area contributed by atoms with E-state index >= 15 is 0 Å². The number of amidine groups is 1. The molecule has 1 aliphatic rings. The Morgan fingerprint density at radius 1 is 1.22 bits per heavy atom. The third kappa shape index (κ3) is 4.89. The van der Waals surface area contributed by atoms with Crippen LogP contribution in [0.25, 0.3) is 0 Å². The summed E-state index contributed by atoms with van der Waals surface area (Å²) in [6, 6.07) is 15.0. The first-order chi connectivity index (χ1) is 13.1. The maximum Gasteiger partial charge on any atom is 0.240 e. The number of amides is 2. The summed E-state index contributed by atoms with van der Waals surface area (Å²) in [6.07, 6.45) is 1.02. The van der Waals surface area contributed by atoms with Crippen LogP contribution in [-0.2, 0) is 16.0 Å². The lowest BCUT2D eigenvalue weighted by atomic mass is 10.2. The van der Waals surface area contributed by atoms with Crippen molar-refractivity contribution in [2.24, 2.45) is 4.99 Å². The van der Waals surface area contributed by atoms with Crippen LogP contribution in [0.5, 0.6) is 5.75 Å². The molecule has 0 saturated carbocycles. The van der Waals surface area contributed by atoms with E-state index in [1.807, 2.05) is 36.4 Å². The molecule has 0 bridgehead atoms. The van der Waals surface area contributed by atoms with Crippen molar-refractivity contribution in [1.82, 2.24) is 5.32 Å². The van der Waals surface area contributed by atoms with Crippen molar-refractivity contribution in [2.45, 2.75) is 25.0 Å². The maximum atomic E-state index is 12.3. The summed E-state index contributed by atoms with van der Waals surface area (Å²) >= 11 is 1.27. The van der Waals surface area contributed by atoms with E-state index in [0.29, 0.717) is 16.6 Å². The number of methoxy groups -OCH3 is 1. The predicted octanol–water partition coefficient (Wildman–Crippen LogP) is 3.51. The molecular formula is C20H21N3O3S. The highest BCUT2D eigenvalue weighted by Crippen LogP contribution is 2.27. The summed E-state index contributed by atoms with van der Waals surface area (Å²) in [6.45, 7) is 2.09. The molecule has 140 valence electrons. The van der Waals surface area contributed by atoms with Crippen molar-refractivity contribution in [3.63, 3.8) is 0 Å². The molecule has 6 nitrogen and oxygen atoms in total. The van der Waals surface area contributed by atoms with Crippen LogP contribution in [0.1, 0.15) is 18.9 Å². The standard InChI is InChI=1S/C20H21N3O3S/c1-3-13-8-10-14(11-9-13)21-20-23-19(25)17(27-20)12-18(24)22-15-6-4-5-7-16(15)26-2/h4-11,17H,3,12H2,1-2H3,(H,22,24)(H,21,23,25)/t17-/m1/s1. The lowest BCUT2D eigenvalue weighted by molar-refractivity contribution is -0.122. The van der Waals surface area contributed by atoms with Gasteiger partial charge >= 0.3 is 0 Å². The zero-order chi connectivity index (χ0) is 19.2. The second kappa shape index (κ2) is 8.73. The summed E-state index contributed by atoms with van der Waals surface area (Å²) in [5, 5.41) is 5.54. The second-order valence-corrected chi connectivity index (χ2v) is 7.18. The highest BCUT2D eigenvalue weighted by Gasteiger charge is 2.32. The van der Waals surface area contributed by atoms with Gasteiger partial charge in [-0.3, -0.25) is 9.59 Å². The number of hydrogen-bond acceptors (Lipinski definition) is 5. The summed E-state index contributed by atoms with van der Waals surface area (Å²) in [7, 11) is 1.54. The summed E-state index contributed by atoms with van der Waals surface area (Å²) in [5.41, 5.74) is 2.58. The van der Waals surface area contributed by atoms with Crippen LogP contribution >= 0.6 is 11.8 Å². The fourth-order valence-electron chi connectivity index (χ4n) is 2.63. The Kier molecular flexibility index (Phi) is 6.13. The largest absolute Gasteiger partial charge is 0.495 e. The molecule has 2 aromatic carbocycles. The van der Waals surface area contributed by atoms with Crippen molar-refractivity contribution in [1.29, 1.82) is 0 Å². The van der Waals surface area contributed by atoms with E-state index in [4.69, 9.17) is 4.74 Å². The van der Waals surface area contributed by atoms with E-state index in [2.05, 4.69) is 22.5 Å². The van der Waals surface area contributed by atoms with E-state index in [0.717, 1.165) is 12.1 Å². The van der Waals surface area contributed by atoms with Gasteiger partial charge < -0.3 is 15.4 Å². The molecule has 3 rings (SSSR count). The number of ether oxygens (including phenoxy) is 1. The Balaban J connectivity index is 1.61.